The van der Waals surface area contributed by atoms with Crippen LogP contribution in [0.3, 0.4) is 0 Å². The lowest BCUT2D eigenvalue weighted by atomic mass is 10.4. The molecule has 0 bridgehead atoms. The maximum absolute atomic E-state index is 13.2. The highest BCUT2D eigenvalue weighted by Gasteiger charge is 2.63. The molecular formula is C10H9F2N5O2. The van der Waals surface area contributed by atoms with Crippen LogP contribution in [0.25, 0.3) is 17.4 Å². The predicted molar refractivity (Wildman–Crippen MR) is 62.4 cm³/mol. The molecule has 1 aliphatic carbocycles. The second-order valence-corrected chi connectivity index (χ2v) is 4.22. The van der Waals surface area contributed by atoms with Gasteiger partial charge in [-0.1, -0.05) is 0 Å². The van der Waals surface area contributed by atoms with Crippen LogP contribution in [-0.4, -0.2) is 37.2 Å². The first-order valence-corrected chi connectivity index (χ1v) is 5.38. The van der Waals surface area contributed by atoms with E-state index in [1.165, 1.54) is 10.9 Å². The van der Waals surface area contributed by atoms with Crippen LogP contribution < -0.4 is 11.3 Å². The van der Waals surface area contributed by atoms with E-state index in [-0.39, 0.29) is 22.7 Å². The van der Waals surface area contributed by atoms with E-state index in [0.29, 0.717) is 0 Å². The fourth-order valence-corrected chi connectivity index (χ4v) is 1.93. The molecule has 2 aromatic rings. The molecule has 3 rings (SSSR count). The molecule has 0 aromatic carbocycles. The van der Waals surface area contributed by atoms with Crippen molar-refractivity contribution < 1.29 is 13.9 Å². The first-order valence-electron chi connectivity index (χ1n) is 5.38. The lowest BCUT2D eigenvalue weighted by Crippen LogP contribution is -2.11. The minimum Gasteiger partial charge on any atom is -0.395 e. The van der Waals surface area contributed by atoms with Gasteiger partial charge in [0.15, 0.2) is 11.2 Å². The van der Waals surface area contributed by atoms with Gasteiger partial charge in [0.05, 0.1) is 12.5 Å². The summed E-state index contributed by atoms with van der Waals surface area (Å²) in [6.07, 6.45) is 2.31. The number of hydrogen-bond acceptors (Lipinski definition) is 5. The molecule has 0 unspecified atom stereocenters. The molecule has 100 valence electrons. The van der Waals surface area contributed by atoms with Gasteiger partial charge in [0, 0.05) is 11.8 Å². The maximum Gasteiger partial charge on any atom is 0.280 e. The van der Waals surface area contributed by atoms with Crippen molar-refractivity contribution in [3.8, 4) is 0 Å². The van der Waals surface area contributed by atoms with E-state index < -0.39 is 24.0 Å². The van der Waals surface area contributed by atoms with Crippen LogP contribution in [0.2, 0.25) is 0 Å². The molecule has 7 nitrogen and oxygen atoms in total. The number of aromatic amines is 1. The summed E-state index contributed by atoms with van der Waals surface area (Å²) in [5.41, 5.74) is 4.72. The molecule has 2 heterocycles. The number of aliphatic hydroxyl groups is 1. The topological polar surface area (TPSA) is 110 Å². The van der Waals surface area contributed by atoms with Gasteiger partial charge in [0.2, 0.25) is 5.95 Å². The second-order valence-electron chi connectivity index (χ2n) is 4.22. The third-order valence-electron chi connectivity index (χ3n) is 3.03. The van der Waals surface area contributed by atoms with Gasteiger partial charge in [-0.3, -0.25) is 14.3 Å². The summed E-state index contributed by atoms with van der Waals surface area (Å²) in [5, 5.41) is 8.81. The Morgan fingerprint density at radius 1 is 1.63 bits per heavy atom. The zero-order chi connectivity index (χ0) is 13.8. The van der Waals surface area contributed by atoms with E-state index in [2.05, 4.69) is 15.0 Å². The number of rotatable bonds is 2. The normalized spacial score (nSPS) is 23.1. The summed E-state index contributed by atoms with van der Waals surface area (Å²) in [4.78, 5) is 21.4. The molecule has 1 saturated carbocycles. The summed E-state index contributed by atoms with van der Waals surface area (Å²) in [5.74, 6) is -4.35. The Morgan fingerprint density at radius 2 is 2.37 bits per heavy atom. The van der Waals surface area contributed by atoms with Gasteiger partial charge in [0.1, 0.15) is 6.33 Å². The molecule has 1 atom stereocenters. The Hall–Kier alpha value is -2.29. The number of halogens is 2. The maximum atomic E-state index is 13.2. The van der Waals surface area contributed by atoms with E-state index in [1.54, 1.807) is 0 Å². The quantitative estimate of drug-likeness (QED) is 0.699. The summed E-state index contributed by atoms with van der Waals surface area (Å²) < 4.78 is 27.7. The molecule has 9 heteroatoms. The number of nitrogens with zero attached hydrogens (tertiary/aromatic N) is 3. The first kappa shape index (κ1) is 11.8. The first-order chi connectivity index (χ1) is 8.95. The van der Waals surface area contributed by atoms with E-state index in [0.717, 1.165) is 6.20 Å². The average Bonchev–Trinajstić information content (AvgIpc) is 2.67. The molecule has 0 spiro atoms. The lowest BCUT2D eigenvalue weighted by molar-refractivity contribution is 0.0890. The van der Waals surface area contributed by atoms with Gasteiger partial charge in [-0.05, 0) is 0 Å². The fraction of sp³-hybridized carbons (Fsp3) is 0.300. The summed E-state index contributed by atoms with van der Waals surface area (Å²) in [7, 11) is 0. The lowest BCUT2D eigenvalue weighted by Gasteiger charge is -1.96. The summed E-state index contributed by atoms with van der Waals surface area (Å²) >= 11 is 0. The van der Waals surface area contributed by atoms with Crippen molar-refractivity contribution in [1.29, 1.82) is 0 Å². The number of fused-ring (bicyclic) bond motifs is 1. The number of nitrogens with two attached hydrogens (primary N) is 1. The van der Waals surface area contributed by atoms with Crippen LogP contribution in [0.1, 0.15) is 0 Å². The molecule has 0 radical (unpaired) electrons. The van der Waals surface area contributed by atoms with Crippen molar-refractivity contribution >= 4 is 23.3 Å². The Balaban J connectivity index is 2.14. The molecular weight excluding hydrogens is 260 g/mol. The molecule has 19 heavy (non-hydrogen) atoms. The monoisotopic (exact) mass is 269 g/mol. The highest BCUT2D eigenvalue weighted by atomic mass is 19.3. The second kappa shape index (κ2) is 3.60. The SMILES string of the molecule is Nc1nc2c(ncn2/C=C2\[C@H](CO)C2(F)F)c(=O)[nH]1. The van der Waals surface area contributed by atoms with Gasteiger partial charge < -0.3 is 10.8 Å². The number of nitrogens with one attached hydrogen (secondary N) is 1. The number of anilines is 1. The minimum atomic E-state index is -3.03. The van der Waals surface area contributed by atoms with Crippen LogP contribution in [0.4, 0.5) is 14.7 Å². The van der Waals surface area contributed by atoms with Crippen LogP contribution in [0.5, 0.6) is 0 Å². The van der Waals surface area contributed by atoms with Gasteiger partial charge in [-0.2, -0.15) is 4.98 Å². The third kappa shape index (κ3) is 1.62. The van der Waals surface area contributed by atoms with Crippen LogP contribution in [0, 0.1) is 5.92 Å². The Bertz CT molecular complexity index is 748. The van der Waals surface area contributed by atoms with Crippen molar-refractivity contribution in [3.05, 3.63) is 22.3 Å². The highest BCUT2D eigenvalue weighted by Crippen LogP contribution is 2.54. The van der Waals surface area contributed by atoms with Gasteiger partial charge >= 0.3 is 0 Å². The van der Waals surface area contributed by atoms with Crippen LogP contribution in [0.15, 0.2) is 16.7 Å². The number of alkyl halides is 2. The van der Waals surface area contributed by atoms with E-state index >= 15 is 0 Å². The van der Waals surface area contributed by atoms with E-state index in [1.807, 2.05) is 0 Å². The Morgan fingerprint density at radius 3 is 3.00 bits per heavy atom. The van der Waals surface area contributed by atoms with Crippen molar-refractivity contribution in [3.63, 3.8) is 0 Å². The Kier molecular flexibility index (Phi) is 2.23. The van der Waals surface area contributed by atoms with Crippen molar-refractivity contribution in [1.82, 2.24) is 19.5 Å². The smallest absolute Gasteiger partial charge is 0.280 e. The fourth-order valence-electron chi connectivity index (χ4n) is 1.93. The number of nitrogen functional groups attached to an aromatic ring is 1. The standard InChI is InChI=1S/C10H9F2N5O2/c11-10(12)4(5(10)2-18)1-17-3-14-6-7(17)15-9(13)16-8(6)19/h1,3,5,18H,2H2,(H3,13,15,16,19)/b4-1+/t5-/m0/s1. The molecule has 2 aromatic heterocycles. The van der Waals surface area contributed by atoms with Crippen LogP contribution in [-0.2, 0) is 0 Å². The van der Waals surface area contributed by atoms with Crippen molar-refractivity contribution in [2.45, 2.75) is 5.92 Å². The largest absolute Gasteiger partial charge is 0.395 e. The molecule has 4 N–H and O–H groups in total. The zero-order valence-electron chi connectivity index (χ0n) is 9.47. The molecule has 0 amide bonds. The highest BCUT2D eigenvalue weighted by molar-refractivity contribution is 5.73. The van der Waals surface area contributed by atoms with Gasteiger partial charge in [0.25, 0.3) is 11.5 Å². The number of hydrogen-bond donors (Lipinski definition) is 3. The molecule has 0 saturated heterocycles. The van der Waals surface area contributed by atoms with Crippen molar-refractivity contribution in [2.24, 2.45) is 5.92 Å². The van der Waals surface area contributed by atoms with Gasteiger partial charge in [-0.25, -0.2) is 13.8 Å². The summed E-state index contributed by atoms with van der Waals surface area (Å²) in [6, 6.07) is 0. The zero-order valence-corrected chi connectivity index (χ0v) is 9.47. The van der Waals surface area contributed by atoms with Crippen LogP contribution >= 0.6 is 0 Å². The molecule has 1 aliphatic rings. The summed E-state index contributed by atoms with van der Waals surface area (Å²) in [6.45, 7) is -0.637. The van der Waals surface area contributed by atoms with E-state index in [9.17, 15) is 13.6 Å². The van der Waals surface area contributed by atoms with E-state index in [4.69, 9.17) is 10.8 Å². The minimum absolute atomic E-state index is 0.00978. The third-order valence-corrected chi connectivity index (χ3v) is 3.03. The molecule has 0 aliphatic heterocycles. The number of imidazole rings is 1. The number of H-pyrrole nitrogens is 1. The number of aromatic nitrogens is 4. The van der Waals surface area contributed by atoms with Gasteiger partial charge in [-0.15, -0.1) is 0 Å². The predicted octanol–water partition coefficient (Wildman–Crippen LogP) is -0.200. The number of aliphatic hydroxyl groups excluding tert-OH is 1. The average molecular weight is 269 g/mol. The molecule has 1 fully saturated rings. The Labute approximate surface area is 104 Å². The van der Waals surface area contributed by atoms with Crippen molar-refractivity contribution in [2.75, 3.05) is 12.3 Å².